The van der Waals surface area contributed by atoms with E-state index in [9.17, 15) is 19.2 Å². The molecular weight excluding hydrogens is 582 g/mol. The molecule has 1 aliphatic heterocycles. The molecule has 1 saturated carbocycles. The van der Waals surface area contributed by atoms with E-state index in [1.54, 1.807) is 16.8 Å². The number of hydrogen-bond acceptors (Lipinski definition) is 5. The first-order valence-electron chi connectivity index (χ1n) is 14.2. The van der Waals surface area contributed by atoms with Crippen LogP contribution in [0.2, 0.25) is 5.02 Å². The Morgan fingerprint density at radius 3 is 2.56 bits per heavy atom. The van der Waals surface area contributed by atoms with Gasteiger partial charge in [0, 0.05) is 43.2 Å². The third kappa shape index (κ3) is 6.08. The molecule has 2 aromatic carbocycles. The lowest BCUT2D eigenvalue weighted by Crippen LogP contribution is -2.57. The minimum absolute atomic E-state index is 0.00557. The SMILES string of the molecule is COC(=O)[C@H]1CC[C@H](NC(=O)[C@@]2(F)CCCN2C(=O)Cc2cc(Cl)c(NC(=O)c3cn(C)c4ccccc34)cc2F)CC1. The molecule has 1 aromatic heterocycles. The number of rotatable bonds is 7. The van der Waals surface area contributed by atoms with Crippen LogP contribution in [0.4, 0.5) is 14.5 Å². The third-order valence-electron chi connectivity index (χ3n) is 8.43. The van der Waals surface area contributed by atoms with E-state index >= 15 is 8.78 Å². The summed E-state index contributed by atoms with van der Waals surface area (Å²) in [6.07, 6.45) is 3.24. The van der Waals surface area contributed by atoms with Gasteiger partial charge in [-0.15, -0.1) is 0 Å². The molecule has 0 unspecified atom stereocenters. The second-order valence-electron chi connectivity index (χ2n) is 11.2. The van der Waals surface area contributed by atoms with Gasteiger partial charge in [-0.2, -0.15) is 0 Å². The number of carbonyl (C=O) groups excluding carboxylic acids is 4. The van der Waals surface area contributed by atoms with Crippen LogP contribution in [0.15, 0.2) is 42.6 Å². The minimum atomic E-state index is -2.57. The number of halogens is 3. The Labute approximate surface area is 252 Å². The maximum absolute atomic E-state index is 16.0. The van der Waals surface area contributed by atoms with Crippen LogP contribution in [0.5, 0.6) is 0 Å². The Balaban J connectivity index is 1.24. The number of ether oxygens (including phenoxy) is 1. The molecule has 3 aromatic rings. The molecule has 2 heterocycles. The lowest BCUT2D eigenvalue weighted by Gasteiger charge is -2.33. The minimum Gasteiger partial charge on any atom is -0.469 e. The van der Waals surface area contributed by atoms with Gasteiger partial charge >= 0.3 is 5.97 Å². The lowest BCUT2D eigenvalue weighted by atomic mass is 9.86. The first-order chi connectivity index (χ1) is 20.5. The number of anilines is 1. The monoisotopic (exact) mass is 614 g/mol. The average Bonchev–Trinajstić information content (AvgIpc) is 3.56. The van der Waals surface area contributed by atoms with Crippen molar-refractivity contribution in [2.45, 2.75) is 56.8 Å². The van der Waals surface area contributed by atoms with Gasteiger partial charge in [-0.3, -0.25) is 19.2 Å². The van der Waals surface area contributed by atoms with Crippen molar-refractivity contribution in [1.82, 2.24) is 14.8 Å². The summed E-state index contributed by atoms with van der Waals surface area (Å²) in [5.74, 6) is -6.07. The van der Waals surface area contributed by atoms with E-state index in [4.69, 9.17) is 16.3 Å². The molecule has 1 aliphatic carbocycles. The van der Waals surface area contributed by atoms with Crippen molar-refractivity contribution < 1.29 is 32.7 Å². The van der Waals surface area contributed by atoms with Crippen LogP contribution >= 0.6 is 11.6 Å². The predicted octanol–water partition coefficient (Wildman–Crippen LogP) is 4.90. The zero-order chi connectivity index (χ0) is 30.9. The van der Waals surface area contributed by atoms with Crippen molar-refractivity contribution in [2.24, 2.45) is 13.0 Å². The summed E-state index contributed by atoms with van der Waals surface area (Å²) in [5, 5.41) is 6.06. The maximum atomic E-state index is 16.0. The van der Waals surface area contributed by atoms with E-state index in [0.29, 0.717) is 31.2 Å². The molecule has 228 valence electrons. The zero-order valence-corrected chi connectivity index (χ0v) is 24.7. The highest BCUT2D eigenvalue weighted by Crippen LogP contribution is 2.34. The van der Waals surface area contributed by atoms with Gasteiger partial charge < -0.3 is 24.8 Å². The molecule has 2 aliphatic rings. The van der Waals surface area contributed by atoms with Gasteiger partial charge in [0.2, 0.25) is 5.91 Å². The summed E-state index contributed by atoms with van der Waals surface area (Å²) in [7, 11) is 3.14. The van der Waals surface area contributed by atoms with E-state index in [-0.39, 0.29) is 53.6 Å². The highest BCUT2D eigenvalue weighted by atomic mass is 35.5. The third-order valence-corrected chi connectivity index (χ3v) is 8.74. The lowest BCUT2D eigenvalue weighted by molar-refractivity contribution is -0.156. The zero-order valence-electron chi connectivity index (χ0n) is 23.9. The molecule has 43 heavy (non-hydrogen) atoms. The number of carbonyl (C=O) groups is 4. The summed E-state index contributed by atoms with van der Waals surface area (Å²) in [6, 6.07) is 9.27. The van der Waals surface area contributed by atoms with Crippen LogP contribution in [0, 0.1) is 11.7 Å². The Morgan fingerprint density at radius 2 is 1.84 bits per heavy atom. The van der Waals surface area contributed by atoms with E-state index in [0.717, 1.165) is 21.9 Å². The number of benzene rings is 2. The number of nitrogens with zero attached hydrogens (tertiary/aromatic N) is 2. The number of aromatic nitrogens is 1. The molecule has 12 heteroatoms. The molecular formula is C31H33ClF2N4O5. The van der Waals surface area contributed by atoms with Crippen molar-refractivity contribution in [3.05, 3.63) is 64.6 Å². The van der Waals surface area contributed by atoms with Gasteiger partial charge in [0.1, 0.15) is 5.82 Å². The van der Waals surface area contributed by atoms with E-state index in [2.05, 4.69) is 10.6 Å². The number of alkyl halides is 1. The van der Waals surface area contributed by atoms with Crippen LogP contribution in [0.1, 0.15) is 54.4 Å². The van der Waals surface area contributed by atoms with Crippen molar-refractivity contribution >= 4 is 51.9 Å². The van der Waals surface area contributed by atoms with E-state index in [1.807, 2.05) is 25.2 Å². The van der Waals surface area contributed by atoms with Crippen molar-refractivity contribution in [2.75, 3.05) is 19.0 Å². The highest BCUT2D eigenvalue weighted by molar-refractivity contribution is 6.34. The second-order valence-corrected chi connectivity index (χ2v) is 11.6. The Bertz CT molecular complexity index is 1590. The number of amides is 3. The standard InChI is InChI=1S/C31H33ClF2N4O5/c1-37-17-22(21-6-3-4-7-26(21)37)28(40)36-25-16-24(33)19(14-23(25)32)15-27(39)38-13-5-12-31(38,34)30(42)35-20-10-8-18(9-11-20)29(41)43-2/h3-4,6-7,14,16-18,20H,5,8-13,15H2,1-2H3,(H,35,42)(H,36,40)/t18-,20-,31-/m1/s1. The van der Waals surface area contributed by atoms with Crippen molar-refractivity contribution in [3.8, 4) is 0 Å². The van der Waals surface area contributed by atoms with Crippen LogP contribution in [-0.4, -0.2) is 58.6 Å². The highest BCUT2D eigenvalue weighted by Gasteiger charge is 2.51. The van der Waals surface area contributed by atoms with Gasteiger partial charge in [0.05, 0.1) is 35.7 Å². The largest absolute Gasteiger partial charge is 0.469 e. The van der Waals surface area contributed by atoms with Gasteiger partial charge in [0.15, 0.2) is 0 Å². The molecule has 0 spiro atoms. The van der Waals surface area contributed by atoms with Gasteiger partial charge in [0.25, 0.3) is 17.6 Å². The van der Waals surface area contributed by atoms with Gasteiger partial charge in [-0.1, -0.05) is 29.8 Å². The summed E-state index contributed by atoms with van der Waals surface area (Å²) in [4.78, 5) is 51.9. The first kappa shape index (κ1) is 30.5. The van der Waals surface area contributed by atoms with Crippen molar-refractivity contribution in [3.63, 3.8) is 0 Å². The molecule has 1 atom stereocenters. The summed E-state index contributed by atoms with van der Waals surface area (Å²) < 4.78 is 37.8. The number of nitrogens with one attached hydrogen (secondary N) is 2. The fraction of sp³-hybridized carbons (Fsp3) is 0.419. The summed E-state index contributed by atoms with van der Waals surface area (Å²) in [5.41, 5.74) is 1.17. The first-order valence-corrected chi connectivity index (χ1v) is 14.6. The molecule has 0 radical (unpaired) electrons. The predicted molar refractivity (Wildman–Crippen MR) is 157 cm³/mol. The van der Waals surface area contributed by atoms with Crippen LogP contribution in [-0.2, 0) is 32.6 Å². The molecule has 2 fully saturated rings. The van der Waals surface area contributed by atoms with E-state index < -0.39 is 35.8 Å². The number of esters is 1. The number of para-hydroxylation sites is 1. The van der Waals surface area contributed by atoms with Gasteiger partial charge in [-0.05, 0) is 55.9 Å². The van der Waals surface area contributed by atoms with E-state index in [1.165, 1.54) is 13.2 Å². The molecule has 2 N–H and O–H groups in total. The quantitative estimate of drug-likeness (QED) is 0.291. The fourth-order valence-electron chi connectivity index (χ4n) is 6.07. The molecule has 9 nitrogen and oxygen atoms in total. The second kappa shape index (κ2) is 12.3. The number of methoxy groups -OCH3 is 1. The Hall–Kier alpha value is -3.99. The Kier molecular flexibility index (Phi) is 8.73. The molecule has 0 bridgehead atoms. The number of hydrogen-bond donors (Lipinski definition) is 2. The fourth-order valence-corrected chi connectivity index (χ4v) is 6.30. The van der Waals surface area contributed by atoms with Crippen LogP contribution in [0.3, 0.4) is 0 Å². The Morgan fingerprint density at radius 1 is 1.12 bits per heavy atom. The normalized spacial score (nSPS) is 21.9. The van der Waals surface area contributed by atoms with Crippen LogP contribution in [0.25, 0.3) is 10.9 Å². The number of likely N-dealkylation sites (tertiary alicyclic amines) is 1. The topological polar surface area (TPSA) is 110 Å². The average molecular weight is 615 g/mol. The van der Waals surface area contributed by atoms with Crippen LogP contribution < -0.4 is 10.6 Å². The maximum Gasteiger partial charge on any atom is 0.308 e. The summed E-state index contributed by atoms with van der Waals surface area (Å²) >= 11 is 6.37. The van der Waals surface area contributed by atoms with Crippen molar-refractivity contribution in [1.29, 1.82) is 0 Å². The molecule has 3 amide bonds. The number of fused-ring (bicyclic) bond motifs is 1. The van der Waals surface area contributed by atoms with Gasteiger partial charge in [-0.25, -0.2) is 8.78 Å². The number of aryl methyl sites for hydroxylation is 1. The molecule has 1 saturated heterocycles. The summed E-state index contributed by atoms with van der Waals surface area (Å²) in [6.45, 7) is 0.00631. The molecule has 5 rings (SSSR count). The smallest absolute Gasteiger partial charge is 0.308 e.